The van der Waals surface area contributed by atoms with E-state index < -0.39 is 0 Å². The van der Waals surface area contributed by atoms with Crippen molar-refractivity contribution in [3.63, 3.8) is 0 Å². The molecule has 0 aliphatic carbocycles. The van der Waals surface area contributed by atoms with Crippen molar-refractivity contribution in [2.45, 2.75) is 26.3 Å². The van der Waals surface area contributed by atoms with Gasteiger partial charge in [-0.15, -0.1) is 0 Å². The number of H-pyrrole nitrogens is 1. The second-order valence-electron chi connectivity index (χ2n) is 6.44. The molecule has 1 aromatic heterocycles. The zero-order valence-corrected chi connectivity index (χ0v) is 13.9. The van der Waals surface area contributed by atoms with Crippen molar-refractivity contribution in [1.82, 2.24) is 10.3 Å². The molecule has 3 nitrogen and oxygen atoms in total. The molecule has 0 bridgehead atoms. The van der Waals surface area contributed by atoms with Crippen molar-refractivity contribution in [1.29, 1.82) is 0 Å². The fraction of sp³-hybridized carbons (Fsp3) is 0.300. The van der Waals surface area contributed by atoms with Crippen LogP contribution in [0.5, 0.6) is 5.75 Å². The molecule has 2 N–H and O–H groups in total. The fourth-order valence-corrected chi connectivity index (χ4v) is 3.79. The van der Waals surface area contributed by atoms with Crippen LogP contribution in [0.1, 0.15) is 34.0 Å². The summed E-state index contributed by atoms with van der Waals surface area (Å²) in [6.07, 6.45) is 1.07. The zero-order valence-electron chi connectivity index (χ0n) is 13.9. The molecule has 1 unspecified atom stereocenters. The van der Waals surface area contributed by atoms with Gasteiger partial charge < -0.3 is 15.0 Å². The lowest BCUT2D eigenvalue weighted by atomic mass is 9.93. The topological polar surface area (TPSA) is 37.0 Å². The molecule has 0 saturated carbocycles. The number of methoxy groups -OCH3 is 1. The van der Waals surface area contributed by atoms with Gasteiger partial charge in [0.15, 0.2) is 0 Å². The minimum atomic E-state index is 0.195. The molecule has 1 aliphatic rings. The van der Waals surface area contributed by atoms with Gasteiger partial charge in [0, 0.05) is 23.1 Å². The Morgan fingerprint density at radius 2 is 2.00 bits per heavy atom. The van der Waals surface area contributed by atoms with Gasteiger partial charge in [-0.3, -0.25) is 0 Å². The van der Waals surface area contributed by atoms with Crippen molar-refractivity contribution in [2.24, 2.45) is 0 Å². The molecule has 0 radical (unpaired) electrons. The highest BCUT2D eigenvalue weighted by molar-refractivity contribution is 5.88. The van der Waals surface area contributed by atoms with Gasteiger partial charge in [0.25, 0.3) is 0 Å². The lowest BCUT2D eigenvalue weighted by molar-refractivity contribution is 0.413. The summed E-state index contributed by atoms with van der Waals surface area (Å²) in [5, 5.41) is 5.03. The summed E-state index contributed by atoms with van der Waals surface area (Å²) >= 11 is 0. The van der Waals surface area contributed by atoms with Gasteiger partial charge in [-0.2, -0.15) is 0 Å². The highest BCUT2D eigenvalue weighted by atomic mass is 16.5. The summed E-state index contributed by atoms with van der Waals surface area (Å²) in [7, 11) is 1.72. The summed E-state index contributed by atoms with van der Waals surface area (Å²) in [4.78, 5) is 3.69. The molecule has 4 rings (SSSR count). The third kappa shape index (κ3) is 2.32. The fourth-order valence-electron chi connectivity index (χ4n) is 3.79. The number of hydrogen-bond acceptors (Lipinski definition) is 2. The Balaban J connectivity index is 1.89. The third-order valence-electron chi connectivity index (χ3n) is 4.83. The Hall–Kier alpha value is -2.26. The van der Waals surface area contributed by atoms with Crippen LogP contribution in [0.2, 0.25) is 0 Å². The molecular weight excluding hydrogens is 284 g/mol. The third-order valence-corrected chi connectivity index (χ3v) is 4.83. The summed E-state index contributed by atoms with van der Waals surface area (Å²) in [6.45, 7) is 5.35. The van der Waals surface area contributed by atoms with Crippen LogP contribution in [0.25, 0.3) is 10.9 Å². The maximum Gasteiger partial charge on any atom is 0.119 e. The molecule has 1 aliphatic heterocycles. The second-order valence-corrected chi connectivity index (χ2v) is 6.44. The van der Waals surface area contributed by atoms with E-state index in [1.54, 1.807) is 7.11 Å². The number of fused-ring (bicyclic) bond motifs is 3. The van der Waals surface area contributed by atoms with Crippen LogP contribution in [0.3, 0.4) is 0 Å². The number of nitrogens with one attached hydrogen (secondary N) is 2. The van der Waals surface area contributed by atoms with Crippen LogP contribution in [0.15, 0.2) is 36.4 Å². The van der Waals surface area contributed by atoms with Gasteiger partial charge in [0.1, 0.15) is 5.75 Å². The molecule has 2 aromatic carbocycles. The van der Waals surface area contributed by atoms with Crippen LogP contribution in [-0.2, 0) is 6.42 Å². The van der Waals surface area contributed by atoms with Gasteiger partial charge in [0.2, 0.25) is 0 Å². The molecule has 1 atom stereocenters. The molecule has 3 aromatic rings. The number of hydrogen-bond donors (Lipinski definition) is 2. The van der Waals surface area contributed by atoms with Crippen LogP contribution in [0, 0.1) is 13.8 Å². The van der Waals surface area contributed by atoms with Gasteiger partial charge in [-0.05, 0) is 55.2 Å². The maximum atomic E-state index is 5.39. The first-order valence-electron chi connectivity index (χ1n) is 8.16. The molecular formula is C20H22N2O. The Morgan fingerprint density at radius 1 is 1.13 bits per heavy atom. The quantitative estimate of drug-likeness (QED) is 0.750. The van der Waals surface area contributed by atoms with E-state index in [0.717, 1.165) is 18.7 Å². The Kier molecular flexibility index (Phi) is 3.38. The monoisotopic (exact) mass is 306 g/mol. The molecule has 2 heterocycles. The predicted molar refractivity (Wildman–Crippen MR) is 94.3 cm³/mol. The normalized spacial score (nSPS) is 17.3. The molecule has 3 heteroatoms. The minimum Gasteiger partial charge on any atom is -0.497 e. The van der Waals surface area contributed by atoms with E-state index in [-0.39, 0.29) is 6.04 Å². The number of ether oxygens (including phenoxy) is 1. The van der Waals surface area contributed by atoms with E-state index in [9.17, 15) is 0 Å². The van der Waals surface area contributed by atoms with E-state index in [1.165, 1.54) is 38.9 Å². The lowest BCUT2D eigenvalue weighted by Gasteiger charge is -2.25. The van der Waals surface area contributed by atoms with Crippen molar-refractivity contribution in [2.75, 3.05) is 13.7 Å². The summed E-state index contributed by atoms with van der Waals surface area (Å²) in [5.41, 5.74) is 7.92. The largest absolute Gasteiger partial charge is 0.497 e. The number of benzene rings is 2. The summed E-state index contributed by atoms with van der Waals surface area (Å²) in [5.74, 6) is 0.902. The van der Waals surface area contributed by atoms with E-state index in [1.807, 2.05) is 6.07 Å². The highest BCUT2D eigenvalue weighted by Gasteiger charge is 2.25. The first-order valence-corrected chi connectivity index (χ1v) is 8.16. The minimum absolute atomic E-state index is 0.195. The van der Waals surface area contributed by atoms with E-state index in [4.69, 9.17) is 4.74 Å². The van der Waals surface area contributed by atoms with Crippen molar-refractivity contribution >= 4 is 10.9 Å². The maximum absolute atomic E-state index is 5.39. The molecule has 118 valence electrons. The molecule has 0 amide bonds. The SMILES string of the molecule is COc1cccc(C2NCCc3c2[nH]c2c(C)cc(C)cc32)c1. The Morgan fingerprint density at radius 3 is 2.83 bits per heavy atom. The number of aromatic amines is 1. The van der Waals surface area contributed by atoms with Crippen molar-refractivity contribution < 1.29 is 4.74 Å². The smallest absolute Gasteiger partial charge is 0.119 e. The zero-order chi connectivity index (χ0) is 16.0. The van der Waals surface area contributed by atoms with Gasteiger partial charge >= 0.3 is 0 Å². The predicted octanol–water partition coefficient (Wildman–Crippen LogP) is 4.03. The van der Waals surface area contributed by atoms with Crippen LogP contribution >= 0.6 is 0 Å². The van der Waals surface area contributed by atoms with Crippen LogP contribution in [0.4, 0.5) is 0 Å². The lowest BCUT2D eigenvalue weighted by Crippen LogP contribution is -2.30. The van der Waals surface area contributed by atoms with E-state index >= 15 is 0 Å². The molecule has 0 spiro atoms. The first kappa shape index (κ1) is 14.3. The first-order chi connectivity index (χ1) is 11.2. The van der Waals surface area contributed by atoms with Gasteiger partial charge in [-0.25, -0.2) is 0 Å². The Bertz CT molecular complexity index is 879. The second kappa shape index (κ2) is 5.43. The molecule has 0 saturated heterocycles. The average molecular weight is 306 g/mol. The average Bonchev–Trinajstić information content (AvgIpc) is 2.94. The number of rotatable bonds is 2. The number of aromatic nitrogens is 1. The van der Waals surface area contributed by atoms with Gasteiger partial charge in [0.05, 0.1) is 13.2 Å². The van der Waals surface area contributed by atoms with Crippen molar-refractivity contribution in [3.05, 3.63) is 64.3 Å². The van der Waals surface area contributed by atoms with Crippen LogP contribution < -0.4 is 10.1 Å². The van der Waals surface area contributed by atoms with E-state index in [2.05, 4.69) is 54.5 Å². The molecule has 0 fully saturated rings. The standard InChI is InChI=1S/C20H22N2O/c1-12-9-13(2)18-17(10-12)16-7-8-21-19(20(16)22-18)14-5-4-6-15(11-14)23-3/h4-6,9-11,19,21-22H,7-8H2,1-3H3. The van der Waals surface area contributed by atoms with Gasteiger partial charge in [-0.1, -0.05) is 23.8 Å². The van der Waals surface area contributed by atoms with Crippen molar-refractivity contribution in [3.8, 4) is 5.75 Å². The number of aryl methyl sites for hydroxylation is 2. The highest BCUT2D eigenvalue weighted by Crippen LogP contribution is 2.35. The summed E-state index contributed by atoms with van der Waals surface area (Å²) < 4.78 is 5.39. The van der Waals surface area contributed by atoms with E-state index in [0.29, 0.717) is 0 Å². The molecule has 23 heavy (non-hydrogen) atoms. The van der Waals surface area contributed by atoms with Crippen LogP contribution in [-0.4, -0.2) is 18.6 Å². The Labute approximate surface area is 136 Å². The summed E-state index contributed by atoms with van der Waals surface area (Å²) in [6, 6.07) is 13.1.